The van der Waals surface area contributed by atoms with Gasteiger partial charge in [-0.25, -0.2) is 4.79 Å². The van der Waals surface area contributed by atoms with Gasteiger partial charge in [-0.05, 0) is 56.8 Å². The molecule has 5 heteroatoms. The highest BCUT2D eigenvalue weighted by Gasteiger charge is 2.39. The van der Waals surface area contributed by atoms with E-state index in [1.165, 1.54) is 0 Å². The molecule has 154 valence electrons. The van der Waals surface area contributed by atoms with E-state index in [0.717, 1.165) is 17.3 Å². The zero-order chi connectivity index (χ0) is 21.3. The van der Waals surface area contributed by atoms with Crippen molar-refractivity contribution in [2.75, 3.05) is 32.6 Å². The van der Waals surface area contributed by atoms with Gasteiger partial charge in [0.05, 0.1) is 5.54 Å². The molecule has 5 nitrogen and oxygen atoms in total. The van der Waals surface area contributed by atoms with Gasteiger partial charge in [-0.15, -0.1) is 0 Å². The minimum atomic E-state index is -0.602. The Hall–Kier alpha value is -2.92. The van der Waals surface area contributed by atoms with E-state index in [2.05, 4.69) is 31.0 Å². The molecule has 0 saturated heterocycles. The first kappa shape index (κ1) is 22.4. The van der Waals surface area contributed by atoms with Crippen LogP contribution in [0.15, 0.2) is 67.3 Å². The van der Waals surface area contributed by atoms with Crippen LogP contribution in [0.4, 0.5) is 5.69 Å². The molecule has 1 atom stereocenters. The lowest BCUT2D eigenvalue weighted by molar-refractivity contribution is -0.137. The van der Waals surface area contributed by atoms with Gasteiger partial charge < -0.3 is 10.1 Å². The van der Waals surface area contributed by atoms with E-state index in [4.69, 9.17) is 4.74 Å². The average molecular weight is 395 g/mol. The molecular weight excluding hydrogens is 364 g/mol. The number of Topliss-reactive ketones (excluding diaryl/α,β-unsaturated/α-hetero) is 1. The Morgan fingerprint density at radius 3 is 2.31 bits per heavy atom. The molecule has 0 bridgehead atoms. The number of esters is 1. The molecule has 0 fully saturated rings. The third kappa shape index (κ3) is 5.78. The summed E-state index contributed by atoms with van der Waals surface area (Å²) in [5.41, 5.74) is 2.09. The van der Waals surface area contributed by atoms with E-state index < -0.39 is 11.5 Å². The van der Waals surface area contributed by atoms with E-state index in [1.54, 1.807) is 0 Å². The molecule has 2 aromatic rings. The van der Waals surface area contributed by atoms with Crippen LogP contribution in [-0.2, 0) is 16.0 Å². The molecule has 0 heterocycles. The quantitative estimate of drug-likeness (QED) is 0.271. The molecule has 0 saturated carbocycles. The number of benzene rings is 2. The summed E-state index contributed by atoms with van der Waals surface area (Å²) in [6.07, 6.45) is 2.51. The number of ketones is 1. The molecule has 0 aromatic heterocycles. The number of rotatable bonds is 11. The van der Waals surface area contributed by atoms with Crippen LogP contribution in [0.3, 0.4) is 0 Å². The highest BCUT2D eigenvalue weighted by Crippen LogP contribution is 2.28. The molecule has 1 unspecified atom stereocenters. The Labute approximate surface area is 173 Å². The number of carbonyl (C=O) groups is 2. The Kier molecular flexibility index (Phi) is 8.16. The van der Waals surface area contributed by atoms with Crippen LogP contribution in [0.1, 0.15) is 29.3 Å². The number of nitrogens with one attached hydrogen (secondary N) is 1. The second kappa shape index (κ2) is 10.6. The minimum absolute atomic E-state index is 0.111. The third-order valence-electron chi connectivity index (χ3n) is 5.19. The van der Waals surface area contributed by atoms with Gasteiger partial charge in [-0.1, -0.05) is 43.8 Å². The summed E-state index contributed by atoms with van der Waals surface area (Å²) >= 11 is 0. The van der Waals surface area contributed by atoms with Crippen LogP contribution < -0.4 is 5.32 Å². The summed E-state index contributed by atoms with van der Waals surface area (Å²) < 4.78 is 4.94. The van der Waals surface area contributed by atoms with Crippen molar-refractivity contribution in [2.24, 2.45) is 0 Å². The highest BCUT2D eigenvalue weighted by atomic mass is 16.5. The number of hydrogen-bond donors (Lipinski definition) is 1. The van der Waals surface area contributed by atoms with Crippen molar-refractivity contribution in [2.45, 2.75) is 25.3 Å². The molecule has 0 spiro atoms. The maximum atomic E-state index is 13.5. The van der Waals surface area contributed by atoms with Gasteiger partial charge in [0, 0.05) is 23.9 Å². The summed E-state index contributed by atoms with van der Waals surface area (Å²) in [5.74, 6) is -0.328. The lowest BCUT2D eigenvalue weighted by Gasteiger charge is -2.38. The zero-order valence-electron chi connectivity index (χ0n) is 17.5. The largest absolute Gasteiger partial charge is 0.461 e. The second-order valence-corrected chi connectivity index (χ2v) is 7.15. The number of likely N-dealkylation sites (N-methyl/N-ethyl adjacent to an activating group) is 1. The minimum Gasteiger partial charge on any atom is -0.461 e. The van der Waals surface area contributed by atoms with Crippen molar-refractivity contribution in [1.82, 2.24) is 4.90 Å². The number of hydrogen-bond acceptors (Lipinski definition) is 5. The first-order chi connectivity index (χ1) is 13.9. The van der Waals surface area contributed by atoms with Gasteiger partial charge in [0.25, 0.3) is 0 Å². The first-order valence-corrected chi connectivity index (χ1v) is 9.82. The number of anilines is 1. The highest BCUT2D eigenvalue weighted by molar-refractivity contribution is 6.03. The predicted octanol–water partition coefficient (Wildman–Crippen LogP) is 3.96. The third-order valence-corrected chi connectivity index (χ3v) is 5.19. The fourth-order valence-electron chi connectivity index (χ4n) is 3.39. The van der Waals surface area contributed by atoms with Crippen molar-refractivity contribution >= 4 is 17.4 Å². The zero-order valence-corrected chi connectivity index (χ0v) is 17.5. The summed E-state index contributed by atoms with van der Waals surface area (Å²) in [6.45, 7) is 6.15. The smallest absolute Gasteiger partial charge is 0.330 e. The Morgan fingerprint density at radius 2 is 1.76 bits per heavy atom. The molecule has 0 aliphatic rings. The Morgan fingerprint density at radius 1 is 1.10 bits per heavy atom. The fourth-order valence-corrected chi connectivity index (χ4v) is 3.39. The Bertz CT molecular complexity index is 816. The molecule has 2 rings (SSSR count). The maximum Gasteiger partial charge on any atom is 0.330 e. The second-order valence-electron chi connectivity index (χ2n) is 7.15. The topological polar surface area (TPSA) is 58.6 Å². The number of carbonyl (C=O) groups excluding carboxylic acids is 2. The monoisotopic (exact) mass is 394 g/mol. The van der Waals surface area contributed by atoms with Gasteiger partial charge >= 0.3 is 5.97 Å². The van der Waals surface area contributed by atoms with Gasteiger partial charge in [-0.2, -0.15) is 0 Å². The molecule has 2 aromatic carbocycles. The van der Waals surface area contributed by atoms with E-state index in [-0.39, 0.29) is 12.4 Å². The summed E-state index contributed by atoms with van der Waals surface area (Å²) in [4.78, 5) is 26.6. The average Bonchev–Trinajstić information content (AvgIpc) is 2.75. The lowest BCUT2D eigenvalue weighted by Crippen LogP contribution is -2.52. The van der Waals surface area contributed by atoms with Crippen molar-refractivity contribution in [3.63, 3.8) is 0 Å². The number of nitrogens with zero attached hydrogens (tertiary/aromatic N) is 1. The van der Waals surface area contributed by atoms with E-state index in [9.17, 15) is 9.59 Å². The summed E-state index contributed by atoms with van der Waals surface area (Å²) in [7, 11) is 3.93. The first-order valence-electron chi connectivity index (χ1n) is 9.82. The fraction of sp³-hybridized carbons (Fsp3) is 0.333. The molecule has 29 heavy (non-hydrogen) atoms. The summed E-state index contributed by atoms with van der Waals surface area (Å²) in [5, 5.41) is 3.17. The van der Waals surface area contributed by atoms with Gasteiger partial charge in [0.2, 0.25) is 0 Å². The molecular formula is C24H30N2O3. The molecule has 0 aliphatic carbocycles. The normalized spacial score (nSPS) is 12.8. The van der Waals surface area contributed by atoms with Crippen molar-refractivity contribution in [3.8, 4) is 0 Å². The predicted molar refractivity (Wildman–Crippen MR) is 117 cm³/mol. The van der Waals surface area contributed by atoms with Crippen LogP contribution in [0.25, 0.3) is 0 Å². The van der Waals surface area contributed by atoms with Gasteiger partial charge in [-0.3, -0.25) is 9.69 Å². The van der Waals surface area contributed by atoms with Crippen LogP contribution in [-0.4, -0.2) is 49.4 Å². The van der Waals surface area contributed by atoms with E-state index >= 15 is 0 Å². The van der Waals surface area contributed by atoms with E-state index in [1.807, 2.05) is 61.5 Å². The lowest BCUT2D eigenvalue weighted by atomic mass is 9.80. The van der Waals surface area contributed by atoms with Crippen LogP contribution in [0, 0.1) is 0 Å². The van der Waals surface area contributed by atoms with Crippen molar-refractivity contribution < 1.29 is 14.3 Å². The molecule has 1 N–H and O–H groups in total. The van der Waals surface area contributed by atoms with Crippen LogP contribution in [0.2, 0.25) is 0 Å². The van der Waals surface area contributed by atoms with Crippen LogP contribution >= 0.6 is 0 Å². The molecule has 0 aliphatic heterocycles. The maximum absolute atomic E-state index is 13.5. The standard InChI is InChI=1S/C24H30N2O3/c1-5-22(27)29-17-16-25-21-14-12-20(13-15-21)23(28)24(6-2,26(3)4)18-19-10-8-7-9-11-19/h5,7-15,25H,1,6,16-18H2,2-4H3. The van der Waals surface area contributed by atoms with Gasteiger partial charge in [0.15, 0.2) is 5.78 Å². The van der Waals surface area contributed by atoms with Gasteiger partial charge in [0.1, 0.15) is 6.61 Å². The van der Waals surface area contributed by atoms with E-state index in [0.29, 0.717) is 24.9 Å². The van der Waals surface area contributed by atoms with Crippen molar-refractivity contribution in [1.29, 1.82) is 0 Å². The molecule has 0 amide bonds. The molecule has 0 radical (unpaired) electrons. The van der Waals surface area contributed by atoms with Crippen molar-refractivity contribution in [3.05, 3.63) is 78.4 Å². The number of ether oxygens (including phenoxy) is 1. The summed E-state index contributed by atoms with van der Waals surface area (Å²) in [6, 6.07) is 17.6. The SMILES string of the molecule is C=CC(=O)OCCNc1ccc(C(=O)C(CC)(Cc2ccccc2)N(C)C)cc1. The Balaban J connectivity index is 2.11. The van der Waals surface area contributed by atoms with Crippen LogP contribution in [0.5, 0.6) is 0 Å².